The quantitative estimate of drug-likeness (QED) is 0.241. The molecule has 178 valence electrons. The average Bonchev–Trinajstić information content (AvgIpc) is 3.19. The largest absolute Gasteiger partial charge is 0.493 e. The number of methoxy groups -OCH3 is 1. The lowest BCUT2D eigenvalue weighted by atomic mass is 10.0. The summed E-state index contributed by atoms with van der Waals surface area (Å²) in [5, 5.41) is 30.5. The first-order chi connectivity index (χ1) is 17.6. The molecule has 7 heteroatoms. The number of aromatic nitrogens is 1. The summed E-state index contributed by atoms with van der Waals surface area (Å²) >= 11 is 0. The van der Waals surface area contributed by atoms with Crippen molar-refractivity contribution in [3.8, 4) is 22.7 Å². The molecule has 7 nitrogen and oxygen atoms in total. The van der Waals surface area contributed by atoms with Crippen LogP contribution in [0.5, 0.6) is 5.88 Å². The molecule has 0 bridgehead atoms. The first kappa shape index (κ1) is 23.0. The Morgan fingerprint density at radius 3 is 2.25 bits per heavy atom. The molecule has 0 radical (unpaired) electrons. The van der Waals surface area contributed by atoms with Crippen molar-refractivity contribution in [1.29, 1.82) is 0 Å². The number of aromatic carboxylic acids is 1. The predicted molar refractivity (Wildman–Crippen MR) is 139 cm³/mol. The van der Waals surface area contributed by atoms with Crippen molar-refractivity contribution < 1.29 is 19.7 Å². The summed E-state index contributed by atoms with van der Waals surface area (Å²) in [7, 11) is 1.64. The molecule has 4 aromatic carbocycles. The zero-order valence-electron chi connectivity index (χ0n) is 19.5. The molecular formula is C29H23N3O4. The summed E-state index contributed by atoms with van der Waals surface area (Å²) in [6.45, 7) is 0.491. The summed E-state index contributed by atoms with van der Waals surface area (Å²) in [5.74, 6) is -1.20. The molecule has 0 aliphatic heterocycles. The van der Waals surface area contributed by atoms with Crippen LogP contribution in [0.2, 0.25) is 0 Å². The van der Waals surface area contributed by atoms with Gasteiger partial charge in [0.2, 0.25) is 5.88 Å². The van der Waals surface area contributed by atoms with E-state index in [2.05, 4.69) is 10.2 Å². The fourth-order valence-electron chi connectivity index (χ4n) is 4.25. The Morgan fingerprint density at radius 1 is 0.833 bits per heavy atom. The van der Waals surface area contributed by atoms with Crippen LogP contribution in [0.1, 0.15) is 15.9 Å². The molecule has 0 amide bonds. The number of rotatable bonds is 7. The Kier molecular flexibility index (Phi) is 6.30. The number of carboxylic acid groups (broad SMARTS) is 1. The lowest BCUT2D eigenvalue weighted by Gasteiger charge is -2.09. The Labute approximate surface area is 207 Å². The van der Waals surface area contributed by atoms with Gasteiger partial charge in [-0.3, -0.25) is 4.57 Å². The number of hydrogen-bond acceptors (Lipinski definition) is 5. The Morgan fingerprint density at radius 2 is 1.53 bits per heavy atom. The van der Waals surface area contributed by atoms with Crippen molar-refractivity contribution in [2.75, 3.05) is 7.11 Å². The number of hydrogen-bond donors (Lipinski definition) is 2. The van der Waals surface area contributed by atoms with E-state index in [4.69, 9.17) is 4.74 Å². The summed E-state index contributed by atoms with van der Waals surface area (Å²) in [5.41, 5.74) is 4.46. The molecule has 1 heterocycles. The van der Waals surface area contributed by atoms with E-state index in [0.29, 0.717) is 17.6 Å². The molecule has 1 aromatic heterocycles. The number of para-hydroxylation sites is 1. The highest BCUT2D eigenvalue weighted by Gasteiger charge is 2.19. The first-order valence-corrected chi connectivity index (χ1v) is 11.3. The number of carboxylic acids is 1. The number of ether oxygens (including phenoxy) is 1. The summed E-state index contributed by atoms with van der Waals surface area (Å²) < 4.78 is 6.88. The minimum atomic E-state index is -1.11. The van der Waals surface area contributed by atoms with Crippen molar-refractivity contribution in [3.05, 3.63) is 108 Å². The van der Waals surface area contributed by atoms with E-state index in [1.807, 2.05) is 78.9 Å². The van der Waals surface area contributed by atoms with Crippen molar-refractivity contribution >= 4 is 28.2 Å². The van der Waals surface area contributed by atoms with Crippen molar-refractivity contribution in [2.45, 2.75) is 6.61 Å². The molecule has 0 fully saturated rings. The molecule has 0 saturated heterocycles. The Balaban J connectivity index is 1.66. The molecule has 5 aromatic rings. The van der Waals surface area contributed by atoms with Gasteiger partial charge in [-0.2, -0.15) is 0 Å². The second-order valence-electron chi connectivity index (χ2n) is 8.20. The number of fused-ring (bicyclic) bond motifs is 1. The van der Waals surface area contributed by atoms with Gasteiger partial charge in [0.1, 0.15) is 5.69 Å². The first-order valence-electron chi connectivity index (χ1n) is 11.3. The summed E-state index contributed by atoms with van der Waals surface area (Å²) in [6.07, 6.45) is 0. The van der Waals surface area contributed by atoms with Crippen LogP contribution in [-0.4, -0.2) is 27.9 Å². The Bertz CT molecular complexity index is 1570. The van der Waals surface area contributed by atoms with Crippen LogP contribution in [0.15, 0.2) is 107 Å². The second-order valence-corrected chi connectivity index (χ2v) is 8.20. The number of benzene rings is 4. The zero-order valence-corrected chi connectivity index (χ0v) is 19.5. The maximum absolute atomic E-state index is 12.0. The van der Waals surface area contributed by atoms with Gasteiger partial charge in [-0.05, 0) is 35.4 Å². The zero-order chi connectivity index (χ0) is 25.1. The monoisotopic (exact) mass is 477 g/mol. The minimum Gasteiger partial charge on any atom is -0.493 e. The van der Waals surface area contributed by atoms with Gasteiger partial charge < -0.3 is 14.9 Å². The molecule has 0 atom stereocenters. The average molecular weight is 478 g/mol. The molecule has 0 unspecified atom stereocenters. The lowest BCUT2D eigenvalue weighted by molar-refractivity contribution is 0.0697. The van der Waals surface area contributed by atoms with Crippen molar-refractivity contribution in [1.82, 2.24) is 4.57 Å². The van der Waals surface area contributed by atoms with Gasteiger partial charge in [-0.25, -0.2) is 4.79 Å². The second kappa shape index (κ2) is 9.85. The maximum Gasteiger partial charge on any atom is 0.337 e. The SMILES string of the molecule is COCc1ccc(-n2c(O)c(N=Nc3c(C(=O)O)cccc3-c3ccccc3)c3ccccc32)cc1. The lowest BCUT2D eigenvalue weighted by Crippen LogP contribution is -1.97. The minimum absolute atomic E-state index is 0.0251. The molecule has 0 aliphatic rings. The molecule has 0 spiro atoms. The van der Waals surface area contributed by atoms with Gasteiger partial charge in [-0.1, -0.05) is 72.8 Å². The van der Waals surface area contributed by atoms with Crippen molar-refractivity contribution in [2.24, 2.45) is 10.2 Å². The van der Waals surface area contributed by atoms with E-state index in [1.165, 1.54) is 6.07 Å². The molecular weight excluding hydrogens is 454 g/mol. The van der Waals surface area contributed by atoms with Gasteiger partial charge in [0, 0.05) is 23.7 Å². The van der Waals surface area contributed by atoms with Crippen LogP contribution in [0.3, 0.4) is 0 Å². The molecule has 36 heavy (non-hydrogen) atoms. The number of carbonyl (C=O) groups is 1. The third-order valence-electron chi connectivity index (χ3n) is 5.93. The van der Waals surface area contributed by atoms with Crippen LogP contribution < -0.4 is 0 Å². The van der Waals surface area contributed by atoms with Gasteiger partial charge in [0.15, 0.2) is 5.69 Å². The highest BCUT2D eigenvalue weighted by atomic mass is 16.5. The van der Waals surface area contributed by atoms with E-state index in [1.54, 1.807) is 23.8 Å². The number of azo groups is 1. The maximum atomic E-state index is 12.0. The van der Waals surface area contributed by atoms with Crippen molar-refractivity contribution in [3.63, 3.8) is 0 Å². The highest BCUT2D eigenvalue weighted by Crippen LogP contribution is 2.42. The molecule has 0 saturated carbocycles. The highest BCUT2D eigenvalue weighted by molar-refractivity contribution is 5.99. The summed E-state index contributed by atoms with van der Waals surface area (Å²) in [4.78, 5) is 12.0. The van der Waals surface area contributed by atoms with E-state index in [9.17, 15) is 15.0 Å². The topological polar surface area (TPSA) is 96.4 Å². The smallest absolute Gasteiger partial charge is 0.337 e. The van der Waals surface area contributed by atoms with Crippen LogP contribution in [0, 0.1) is 0 Å². The van der Waals surface area contributed by atoms with Crippen LogP contribution in [0.4, 0.5) is 11.4 Å². The van der Waals surface area contributed by atoms with Gasteiger partial charge in [-0.15, -0.1) is 10.2 Å². The van der Waals surface area contributed by atoms with E-state index in [-0.39, 0.29) is 22.8 Å². The molecule has 5 rings (SSSR count). The van der Waals surface area contributed by atoms with E-state index >= 15 is 0 Å². The van der Waals surface area contributed by atoms with Crippen LogP contribution in [-0.2, 0) is 11.3 Å². The fourth-order valence-corrected chi connectivity index (χ4v) is 4.25. The third kappa shape index (κ3) is 4.23. The van der Waals surface area contributed by atoms with Crippen LogP contribution >= 0.6 is 0 Å². The standard InChI is InChI=1S/C29H23N3O4/c1-36-18-19-14-16-21(17-15-19)32-25-13-6-5-10-23(25)27(28(32)33)31-30-26-22(20-8-3-2-4-9-20)11-7-12-24(26)29(34)35/h2-17,33H,18H2,1H3,(H,34,35). The summed E-state index contributed by atoms with van der Waals surface area (Å²) in [6, 6.07) is 29.5. The van der Waals surface area contributed by atoms with E-state index in [0.717, 1.165) is 22.3 Å². The molecule has 0 aliphatic carbocycles. The fraction of sp³-hybridized carbons (Fsp3) is 0.0690. The van der Waals surface area contributed by atoms with Gasteiger partial charge >= 0.3 is 5.97 Å². The van der Waals surface area contributed by atoms with Gasteiger partial charge in [0.25, 0.3) is 0 Å². The van der Waals surface area contributed by atoms with E-state index < -0.39 is 5.97 Å². The Hall–Kier alpha value is -4.75. The molecule has 2 N–H and O–H groups in total. The van der Waals surface area contributed by atoms with Crippen LogP contribution in [0.25, 0.3) is 27.7 Å². The number of nitrogens with zero attached hydrogens (tertiary/aromatic N) is 3. The van der Waals surface area contributed by atoms with Gasteiger partial charge in [0.05, 0.1) is 17.7 Å². The predicted octanol–water partition coefficient (Wildman–Crippen LogP) is 7.26. The number of aromatic hydroxyl groups is 1. The third-order valence-corrected chi connectivity index (χ3v) is 5.93. The normalized spacial score (nSPS) is 11.4.